The maximum atomic E-state index is 9.71. The monoisotopic (exact) mass is 273 g/mol. The molecule has 0 unspecified atom stereocenters. The lowest BCUT2D eigenvalue weighted by Gasteiger charge is -2.18. The van der Waals surface area contributed by atoms with Crippen LogP contribution in [0.1, 0.15) is 24.9 Å². The van der Waals surface area contributed by atoms with Gasteiger partial charge in [0, 0.05) is 22.6 Å². The number of aromatic hydroxyl groups is 1. The number of hydrogen-bond donors (Lipinski definition) is 3. The maximum absolute atomic E-state index is 9.71. The molecule has 3 N–H and O–H groups in total. The van der Waals surface area contributed by atoms with Crippen molar-refractivity contribution in [1.29, 1.82) is 0 Å². The van der Waals surface area contributed by atoms with Gasteiger partial charge >= 0.3 is 0 Å². The van der Waals surface area contributed by atoms with E-state index in [0.717, 1.165) is 16.5 Å². The van der Waals surface area contributed by atoms with Gasteiger partial charge < -0.3 is 15.5 Å². The first kappa shape index (κ1) is 12.5. The number of hydrogen-bond acceptors (Lipinski definition) is 3. The molecule has 0 amide bonds. The molecule has 1 atom stereocenters. The van der Waals surface area contributed by atoms with Gasteiger partial charge in [0.15, 0.2) is 0 Å². The summed E-state index contributed by atoms with van der Waals surface area (Å²) < 4.78 is 0.944. The van der Waals surface area contributed by atoms with Crippen LogP contribution in [0, 0.1) is 0 Å². The minimum absolute atomic E-state index is 0.0784. The largest absolute Gasteiger partial charge is 0.508 e. The van der Waals surface area contributed by atoms with Gasteiger partial charge in [-0.1, -0.05) is 22.9 Å². The molecule has 84 valence electrons. The lowest BCUT2D eigenvalue weighted by molar-refractivity contribution is 0.282. The number of rotatable bonds is 5. The van der Waals surface area contributed by atoms with Crippen molar-refractivity contribution < 1.29 is 10.2 Å². The minimum atomic E-state index is 0.0784. The van der Waals surface area contributed by atoms with Crippen LogP contribution < -0.4 is 5.32 Å². The van der Waals surface area contributed by atoms with Crippen LogP contribution in [0.4, 0.5) is 0 Å². The highest BCUT2D eigenvalue weighted by Gasteiger charge is 2.12. The Morgan fingerprint density at radius 3 is 2.80 bits per heavy atom. The topological polar surface area (TPSA) is 52.5 Å². The summed E-state index contributed by atoms with van der Waals surface area (Å²) in [6, 6.07) is 5.45. The predicted molar refractivity (Wildman–Crippen MR) is 63.9 cm³/mol. The lowest BCUT2D eigenvalue weighted by Crippen LogP contribution is -2.24. The molecule has 0 saturated heterocycles. The van der Waals surface area contributed by atoms with Crippen molar-refractivity contribution >= 4 is 15.9 Å². The molecule has 4 heteroatoms. The third-order valence-corrected chi connectivity index (χ3v) is 2.77. The summed E-state index contributed by atoms with van der Waals surface area (Å²) in [5, 5.41) is 21.6. The molecular weight excluding hydrogens is 258 g/mol. The number of nitrogens with one attached hydrogen (secondary N) is 1. The van der Waals surface area contributed by atoms with Gasteiger partial charge in [0.1, 0.15) is 5.75 Å². The Labute approximate surface area is 98.3 Å². The fourth-order valence-corrected chi connectivity index (χ4v) is 1.90. The molecule has 0 aliphatic rings. The van der Waals surface area contributed by atoms with Gasteiger partial charge in [-0.05, 0) is 24.6 Å². The molecular formula is C11H16BrNO2. The van der Waals surface area contributed by atoms with Crippen LogP contribution in [0.2, 0.25) is 0 Å². The third kappa shape index (κ3) is 3.48. The molecule has 0 fully saturated rings. The first-order chi connectivity index (χ1) is 7.19. The van der Waals surface area contributed by atoms with Crippen LogP contribution in [0.5, 0.6) is 5.75 Å². The highest BCUT2D eigenvalue weighted by atomic mass is 79.9. The Balaban J connectivity index is 2.85. The van der Waals surface area contributed by atoms with Crippen LogP contribution in [0.15, 0.2) is 22.7 Å². The Kier molecular flexibility index (Phi) is 5.08. The minimum Gasteiger partial charge on any atom is -0.508 e. The second-order valence-electron chi connectivity index (χ2n) is 3.34. The zero-order chi connectivity index (χ0) is 11.3. The van der Waals surface area contributed by atoms with Gasteiger partial charge in [-0.25, -0.2) is 0 Å². The Bertz CT molecular complexity index is 317. The van der Waals surface area contributed by atoms with Crippen LogP contribution >= 0.6 is 15.9 Å². The number of aliphatic hydroxyl groups excluding tert-OH is 1. The van der Waals surface area contributed by atoms with Gasteiger partial charge in [0.25, 0.3) is 0 Å². The molecule has 0 aliphatic heterocycles. The highest BCUT2D eigenvalue weighted by Crippen LogP contribution is 2.29. The Morgan fingerprint density at radius 2 is 2.20 bits per heavy atom. The average molecular weight is 274 g/mol. The van der Waals surface area contributed by atoms with Gasteiger partial charge in [0.2, 0.25) is 0 Å². The summed E-state index contributed by atoms with van der Waals surface area (Å²) in [5.41, 5.74) is 0.861. The highest BCUT2D eigenvalue weighted by molar-refractivity contribution is 9.10. The SMILES string of the molecule is CC[C@@H](NCCO)c1cc(Br)ccc1O. The van der Waals surface area contributed by atoms with E-state index in [2.05, 4.69) is 21.2 Å². The quantitative estimate of drug-likeness (QED) is 0.771. The molecule has 0 saturated carbocycles. The van der Waals surface area contributed by atoms with E-state index in [4.69, 9.17) is 5.11 Å². The summed E-state index contributed by atoms with van der Waals surface area (Å²) in [7, 11) is 0. The maximum Gasteiger partial charge on any atom is 0.120 e. The van der Waals surface area contributed by atoms with Crippen molar-refractivity contribution in [2.45, 2.75) is 19.4 Å². The van der Waals surface area contributed by atoms with E-state index >= 15 is 0 Å². The van der Waals surface area contributed by atoms with Crippen molar-refractivity contribution in [2.24, 2.45) is 0 Å². The summed E-state index contributed by atoms with van der Waals surface area (Å²) in [6.07, 6.45) is 0.865. The molecule has 1 aromatic rings. The van der Waals surface area contributed by atoms with E-state index in [1.54, 1.807) is 12.1 Å². The van der Waals surface area contributed by atoms with Gasteiger partial charge in [0.05, 0.1) is 6.61 Å². The van der Waals surface area contributed by atoms with Crippen molar-refractivity contribution in [3.63, 3.8) is 0 Å². The van der Waals surface area contributed by atoms with Crippen molar-refractivity contribution in [1.82, 2.24) is 5.32 Å². The van der Waals surface area contributed by atoms with Crippen molar-refractivity contribution in [3.8, 4) is 5.75 Å². The number of aliphatic hydroxyl groups is 1. The molecule has 0 heterocycles. The second kappa shape index (κ2) is 6.10. The number of benzene rings is 1. The summed E-state index contributed by atoms with van der Waals surface area (Å²) >= 11 is 3.37. The van der Waals surface area contributed by atoms with Crippen LogP contribution in [0.25, 0.3) is 0 Å². The standard InChI is InChI=1S/C11H16BrNO2/c1-2-10(13-5-6-14)9-7-8(12)3-4-11(9)15/h3-4,7,10,13-15H,2,5-6H2,1H3/t10-/m1/s1. The molecule has 0 aliphatic carbocycles. The molecule has 1 rings (SSSR count). The molecule has 15 heavy (non-hydrogen) atoms. The zero-order valence-corrected chi connectivity index (χ0v) is 10.3. The number of phenolic OH excluding ortho intramolecular Hbond substituents is 1. The molecule has 0 aromatic heterocycles. The molecule has 3 nitrogen and oxygen atoms in total. The molecule has 0 bridgehead atoms. The van der Waals surface area contributed by atoms with E-state index in [1.165, 1.54) is 0 Å². The second-order valence-corrected chi connectivity index (χ2v) is 4.26. The van der Waals surface area contributed by atoms with Gasteiger partial charge in [-0.2, -0.15) is 0 Å². The van der Waals surface area contributed by atoms with E-state index in [0.29, 0.717) is 6.54 Å². The van der Waals surface area contributed by atoms with Gasteiger partial charge in [-0.3, -0.25) is 0 Å². The van der Waals surface area contributed by atoms with E-state index in [1.807, 2.05) is 13.0 Å². The van der Waals surface area contributed by atoms with E-state index in [9.17, 15) is 5.11 Å². The normalized spacial score (nSPS) is 12.7. The first-order valence-corrected chi connectivity index (χ1v) is 5.81. The van der Waals surface area contributed by atoms with Crippen LogP contribution in [0.3, 0.4) is 0 Å². The van der Waals surface area contributed by atoms with Crippen LogP contribution in [-0.2, 0) is 0 Å². The molecule has 1 aromatic carbocycles. The fraction of sp³-hybridized carbons (Fsp3) is 0.455. The first-order valence-electron chi connectivity index (χ1n) is 5.01. The van der Waals surface area contributed by atoms with Crippen molar-refractivity contribution in [2.75, 3.05) is 13.2 Å². The van der Waals surface area contributed by atoms with Gasteiger partial charge in [-0.15, -0.1) is 0 Å². The fourth-order valence-electron chi connectivity index (χ4n) is 1.52. The average Bonchev–Trinajstić information content (AvgIpc) is 2.24. The summed E-state index contributed by atoms with van der Waals surface area (Å²) in [4.78, 5) is 0. The van der Waals surface area contributed by atoms with E-state index < -0.39 is 0 Å². The molecule has 0 spiro atoms. The molecule has 0 radical (unpaired) electrons. The lowest BCUT2D eigenvalue weighted by atomic mass is 10.0. The number of halogens is 1. The van der Waals surface area contributed by atoms with E-state index in [-0.39, 0.29) is 18.4 Å². The zero-order valence-electron chi connectivity index (χ0n) is 8.70. The van der Waals surface area contributed by atoms with Crippen molar-refractivity contribution in [3.05, 3.63) is 28.2 Å². The third-order valence-electron chi connectivity index (χ3n) is 2.28. The smallest absolute Gasteiger partial charge is 0.120 e. The predicted octanol–water partition coefficient (Wildman–Crippen LogP) is 2.19. The summed E-state index contributed by atoms with van der Waals surface area (Å²) in [5.74, 6) is 0.287. The Morgan fingerprint density at radius 1 is 1.47 bits per heavy atom. The summed E-state index contributed by atoms with van der Waals surface area (Å²) in [6.45, 7) is 2.67. The van der Waals surface area contributed by atoms with Crippen LogP contribution in [-0.4, -0.2) is 23.4 Å². The Hall–Kier alpha value is -0.580. The number of phenols is 1.